The van der Waals surface area contributed by atoms with E-state index in [4.69, 9.17) is 18.9 Å². The summed E-state index contributed by atoms with van der Waals surface area (Å²) in [6.07, 6.45) is 0.0202. The lowest BCUT2D eigenvalue weighted by Crippen LogP contribution is -2.66. The number of esters is 1. The number of ether oxygens (including phenoxy) is 4. The van der Waals surface area contributed by atoms with E-state index in [9.17, 15) is 9.59 Å². The van der Waals surface area contributed by atoms with Crippen LogP contribution in [0.2, 0.25) is 0 Å². The third kappa shape index (κ3) is 3.77. The maximum atomic E-state index is 12.9. The summed E-state index contributed by atoms with van der Waals surface area (Å²) in [5.74, 6) is -1.48. The fourth-order valence-corrected chi connectivity index (χ4v) is 5.56. The van der Waals surface area contributed by atoms with Crippen LogP contribution in [0.5, 0.6) is 0 Å². The number of nitrogens with zero attached hydrogens (tertiary/aromatic N) is 2. The number of carbonyl (C=O) groups is 2. The molecule has 0 unspecified atom stereocenters. The number of nitrogens with one attached hydrogen (secondary N) is 1. The summed E-state index contributed by atoms with van der Waals surface area (Å²) in [6, 6.07) is 9.32. The van der Waals surface area contributed by atoms with Crippen LogP contribution in [0.1, 0.15) is 32.8 Å². The summed E-state index contributed by atoms with van der Waals surface area (Å²) in [5, 5.41) is 11.0. The first-order chi connectivity index (χ1) is 15.2. The lowest BCUT2D eigenvalue weighted by atomic mass is 9.47. The van der Waals surface area contributed by atoms with Crippen LogP contribution in [0.25, 0.3) is 0 Å². The summed E-state index contributed by atoms with van der Waals surface area (Å²) in [6.45, 7) is 7.78. The smallest absolute Gasteiger partial charge is 0.409 e. The van der Waals surface area contributed by atoms with Crippen molar-refractivity contribution in [1.82, 2.24) is 5.32 Å². The van der Waals surface area contributed by atoms with Gasteiger partial charge in [-0.1, -0.05) is 44.2 Å². The molecule has 1 saturated carbocycles. The van der Waals surface area contributed by atoms with E-state index in [0.717, 1.165) is 12.0 Å². The van der Waals surface area contributed by atoms with Gasteiger partial charge < -0.3 is 18.9 Å². The van der Waals surface area contributed by atoms with Crippen molar-refractivity contribution in [3.8, 4) is 0 Å². The zero-order valence-corrected chi connectivity index (χ0v) is 19.0. The Morgan fingerprint density at radius 3 is 2.44 bits per heavy atom. The van der Waals surface area contributed by atoms with Gasteiger partial charge in [0, 0.05) is 11.8 Å². The average molecular weight is 446 g/mol. The molecule has 1 aliphatic carbocycles. The molecule has 1 aromatic carbocycles. The Hall–Kier alpha value is -2.52. The number of hydrogen-bond donors (Lipinski definition) is 1. The van der Waals surface area contributed by atoms with Gasteiger partial charge in [0.25, 0.3) is 5.66 Å². The predicted molar refractivity (Wildman–Crippen MR) is 113 cm³/mol. The van der Waals surface area contributed by atoms with Crippen LogP contribution in [0.15, 0.2) is 40.6 Å². The summed E-state index contributed by atoms with van der Waals surface area (Å²) in [7, 11) is 1.28. The minimum Gasteiger partial charge on any atom is -0.466 e. The highest BCUT2D eigenvalue weighted by molar-refractivity contribution is 5.86. The fourth-order valence-electron chi connectivity index (χ4n) is 5.56. The quantitative estimate of drug-likeness (QED) is 0.673. The van der Waals surface area contributed by atoms with Gasteiger partial charge in [-0.25, -0.2) is 9.59 Å². The second-order valence-corrected chi connectivity index (χ2v) is 9.40. The summed E-state index contributed by atoms with van der Waals surface area (Å²) in [5.41, 5.74) is -1.01. The number of azo groups is 1. The minimum absolute atomic E-state index is 0.0423. The molecule has 0 aromatic heterocycles. The molecule has 0 bridgehead atoms. The molecular weight excluding hydrogens is 414 g/mol. The topological polar surface area (TPSA) is 108 Å². The molecule has 0 radical (unpaired) electrons. The molecule has 9 nitrogen and oxygen atoms in total. The van der Waals surface area contributed by atoms with Crippen LogP contribution in [0.3, 0.4) is 0 Å². The highest BCUT2D eigenvalue weighted by atomic mass is 16.7. The molecule has 3 aliphatic rings. The SMILES string of the molecule is COC(=O)[C@@]1(NC(=O)OCc2ccccc2)N=NC[C@@H]1[C@H]1C[C@@H](C2(C)OCCO2)C1(C)C. The van der Waals surface area contributed by atoms with Crippen molar-refractivity contribution in [3.63, 3.8) is 0 Å². The standard InChI is InChI=1S/C23H31N3O6/c1-21(2)16(12-18(21)22(3)31-10-11-32-22)17-13-24-26-23(17,19(27)29-4)25-20(28)30-14-15-8-6-5-7-9-15/h5-9,16-18H,10-14H2,1-4H3,(H,25,28)/t16-,17-,18-,23+/m1/s1. The van der Waals surface area contributed by atoms with Crippen LogP contribution in [-0.4, -0.2) is 50.4 Å². The summed E-state index contributed by atoms with van der Waals surface area (Å²) in [4.78, 5) is 25.6. The summed E-state index contributed by atoms with van der Waals surface area (Å²) >= 11 is 0. The summed E-state index contributed by atoms with van der Waals surface area (Å²) < 4.78 is 22.2. The molecule has 32 heavy (non-hydrogen) atoms. The highest BCUT2D eigenvalue weighted by Gasteiger charge is 2.66. The van der Waals surface area contributed by atoms with E-state index >= 15 is 0 Å². The van der Waals surface area contributed by atoms with E-state index in [1.54, 1.807) is 0 Å². The van der Waals surface area contributed by atoms with Gasteiger partial charge >= 0.3 is 12.1 Å². The molecule has 9 heteroatoms. The lowest BCUT2D eigenvalue weighted by molar-refractivity contribution is -0.261. The molecule has 174 valence electrons. The second-order valence-electron chi connectivity index (χ2n) is 9.40. The monoisotopic (exact) mass is 445 g/mol. The zero-order chi connectivity index (χ0) is 23.0. The van der Waals surface area contributed by atoms with E-state index < -0.39 is 23.5 Å². The first-order valence-electron chi connectivity index (χ1n) is 11.0. The zero-order valence-electron chi connectivity index (χ0n) is 19.0. The molecular formula is C23H31N3O6. The largest absolute Gasteiger partial charge is 0.466 e. The van der Waals surface area contributed by atoms with Gasteiger partial charge in [-0.05, 0) is 30.2 Å². The van der Waals surface area contributed by atoms with E-state index in [1.807, 2.05) is 37.3 Å². The van der Waals surface area contributed by atoms with Gasteiger partial charge in [0.05, 0.1) is 26.9 Å². The molecule has 1 saturated heterocycles. The fraction of sp³-hybridized carbons (Fsp3) is 0.652. The Balaban J connectivity index is 1.50. The van der Waals surface area contributed by atoms with Gasteiger partial charge in [-0.2, -0.15) is 10.2 Å². The number of benzene rings is 1. The molecule has 1 amide bonds. The van der Waals surface area contributed by atoms with Crippen molar-refractivity contribution in [3.05, 3.63) is 35.9 Å². The lowest BCUT2D eigenvalue weighted by Gasteiger charge is -2.59. The van der Waals surface area contributed by atoms with Crippen molar-refractivity contribution in [2.24, 2.45) is 33.4 Å². The first kappa shape index (κ1) is 22.7. The average Bonchev–Trinajstić information content (AvgIpc) is 3.39. The number of hydrogen-bond acceptors (Lipinski definition) is 8. The van der Waals surface area contributed by atoms with Crippen molar-refractivity contribution in [2.45, 2.75) is 45.2 Å². The van der Waals surface area contributed by atoms with Crippen LogP contribution < -0.4 is 5.32 Å². The second kappa shape index (κ2) is 8.44. The van der Waals surface area contributed by atoms with Gasteiger partial charge in [0.1, 0.15) is 6.61 Å². The van der Waals surface area contributed by atoms with Gasteiger partial charge in [-0.3, -0.25) is 5.32 Å². The van der Waals surface area contributed by atoms with Crippen LogP contribution in [0.4, 0.5) is 4.79 Å². The molecule has 4 rings (SSSR count). The highest BCUT2D eigenvalue weighted by Crippen LogP contribution is 2.62. The predicted octanol–water partition coefficient (Wildman–Crippen LogP) is 3.29. The first-order valence-corrected chi connectivity index (χ1v) is 11.0. The molecule has 0 spiro atoms. The number of carbonyl (C=O) groups excluding carboxylic acids is 2. The Kier molecular flexibility index (Phi) is 5.98. The molecule has 2 heterocycles. The molecule has 1 N–H and O–H groups in total. The van der Waals surface area contributed by atoms with E-state index in [2.05, 4.69) is 29.4 Å². The van der Waals surface area contributed by atoms with E-state index in [0.29, 0.717) is 19.8 Å². The van der Waals surface area contributed by atoms with Crippen LogP contribution in [0, 0.1) is 23.2 Å². The minimum atomic E-state index is -1.62. The third-order valence-electron chi connectivity index (χ3n) is 7.37. The number of rotatable bonds is 6. The molecule has 1 aromatic rings. The number of amides is 1. The van der Waals surface area contributed by atoms with E-state index in [1.165, 1.54) is 7.11 Å². The van der Waals surface area contributed by atoms with Crippen molar-refractivity contribution in [2.75, 3.05) is 26.9 Å². The van der Waals surface area contributed by atoms with Gasteiger partial charge in [-0.15, -0.1) is 0 Å². The maximum Gasteiger partial charge on any atom is 0.409 e. The van der Waals surface area contributed by atoms with Gasteiger partial charge in [0.15, 0.2) is 5.79 Å². The van der Waals surface area contributed by atoms with Crippen molar-refractivity contribution in [1.29, 1.82) is 0 Å². The number of methoxy groups -OCH3 is 1. The normalized spacial score (nSPS) is 32.2. The third-order valence-corrected chi connectivity index (χ3v) is 7.37. The Labute approximate surface area is 187 Å². The Morgan fingerprint density at radius 2 is 1.81 bits per heavy atom. The molecule has 2 fully saturated rings. The van der Waals surface area contributed by atoms with Crippen molar-refractivity contribution < 1.29 is 28.5 Å². The molecule has 2 aliphatic heterocycles. The number of alkyl carbamates (subject to hydrolysis) is 1. The molecule has 4 atom stereocenters. The van der Waals surface area contributed by atoms with Crippen LogP contribution in [-0.2, 0) is 30.3 Å². The Bertz CT molecular complexity index is 883. The van der Waals surface area contributed by atoms with Crippen LogP contribution >= 0.6 is 0 Å². The van der Waals surface area contributed by atoms with Crippen molar-refractivity contribution >= 4 is 12.1 Å². The maximum absolute atomic E-state index is 12.9. The van der Waals surface area contributed by atoms with E-state index in [-0.39, 0.29) is 29.8 Å². The van der Waals surface area contributed by atoms with Gasteiger partial charge in [0.2, 0.25) is 0 Å². The Morgan fingerprint density at radius 1 is 1.12 bits per heavy atom.